The Labute approximate surface area is 197 Å². The molecule has 3 heteroatoms. The molecule has 0 aromatic heterocycles. The molecule has 4 aliphatic carbocycles. The fraction of sp³-hybridized carbons (Fsp3) is 0.966. The first-order valence-corrected chi connectivity index (χ1v) is 13.9. The molecule has 184 valence electrons. The van der Waals surface area contributed by atoms with Crippen LogP contribution in [0.2, 0.25) is 0 Å². The Bertz CT molecular complexity index is 686. The summed E-state index contributed by atoms with van der Waals surface area (Å²) in [6, 6.07) is 0. The van der Waals surface area contributed by atoms with Gasteiger partial charge >= 0.3 is 5.97 Å². The fourth-order valence-electron chi connectivity index (χ4n) is 9.19. The summed E-state index contributed by atoms with van der Waals surface area (Å²) in [7, 11) is 0. The summed E-state index contributed by atoms with van der Waals surface area (Å²) in [5, 5.41) is 10.3. The molecule has 4 saturated carbocycles. The van der Waals surface area contributed by atoms with Crippen LogP contribution in [0, 0.1) is 46.3 Å². The van der Waals surface area contributed by atoms with Gasteiger partial charge in [0.15, 0.2) is 0 Å². The minimum Gasteiger partial charge on any atom is -0.460 e. The maximum absolute atomic E-state index is 12.4. The van der Waals surface area contributed by atoms with E-state index in [1.165, 1.54) is 44.9 Å². The van der Waals surface area contributed by atoms with E-state index in [0.29, 0.717) is 23.2 Å². The van der Waals surface area contributed by atoms with Crippen LogP contribution in [0.1, 0.15) is 119 Å². The van der Waals surface area contributed by atoms with E-state index in [2.05, 4.69) is 27.7 Å². The average molecular weight is 447 g/mol. The van der Waals surface area contributed by atoms with Crippen LogP contribution in [0.3, 0.4) is 0 Å². The lowest BCUT2D eigenvalue weighted by Gasteiger charge is -2.61. The Balaban J connectivity index is 1.40. The Hall–Kier alpha value is -0.570. The fourth-order valence-corrected chi connectivity index (χ4v) is 9.19. The average Bonchev–Trinajstić information content (AvgIpc) is 3.09. The molecule has 2 unspecified atom stereocenters. The Kier molecular flexibility index (Phi) is 6.83. The van der Waals surface area contributed by atoms with Crippen LogP contribution in [0.15, 0.2) is 0 Å². The standard InChI is InChI=1S/C29H50O3/c1-7-27(3,4)32-26(31)13-8-19(2)23-11-12-24-22-10-9-20-18-21(30)14-16-28(20,5)25(22)15-17-29(23,24)6/h19-25,30H,7-18H2,1-6H3/t19-,20?,21?,22+,23-,24+,25+,28+,29-/m1/s1. The van der Waals surface area contributed by atoms with Crippen molar-refractivity contribution in [2.45, 2.75) is 130 Å². The molecule has 1 N–H and O–H groups in total. The van der Waals surface area contributed by atoms with Crippen LogP contribution in [-0.4, -0.2) is 22.8 Å². The number of ether oxygens (including phenoxy) is 1. The highest BCUT2D eigenvalue weighted by Crippen LogP contribution is 2.68. The van der Waals surface area contributed by atoms with Crippen molar-refractivity contribution in [2.75, 3.05) is 0 Å². The highest BCUT2D eigenvalue weighted by molar-refractivity contribution is 5.69. The molecule has 0 spiro atoms. The number of aliphatic hydroxyl groups is 1. The second-order valence-electron chi connectivity index (χ2n) is 13.4. The van der Waals surface area contributed by atoms with Crippen LogP contribution in [0.4, 0.5) is 0 Å². The highest BCUT2D eigenvalue weighted by atomic mass is 16.6. The van der Waals surface area contributed by atoms with E-state index in [9.17, 15) is 9.90 Å². The smallest absolute Gasteiger partial charge is 0.306 e. The van der Waals surface area contributed by atoms with Crippen molar-refractivity contribution in [3.63, 3.8) is 0 Å². The Morgan fingerprint density at radius 1 is 1.03 bits per heavy atom. The lowest BCUT2D eigenvalue weighted by Crippen LogP contribution is -2.54. The highest BCUT2D eigenvalue weighted by Gasteiger charge is 2.60. The zero-order valence-electron chi connectivity index (χ0n) is 21.8. The van der Waals surface area contributed by atoms with Gasteiger partial charge in [-0.1, -0.05) is 27.7 Å². The number of esters is 1. The van der Waals surface area contributed by atoms with Gasteiger partial charge in [0.1, 0.15) is 5.60 Å². The number of fused-ring (bicyclic) bond motifs is 5. The summed E-state index contributed by atoms with van der Waals surface area (Å²) in [6.45, 7) is 13.7. The molecule has 0 saturated heterocycles. The number of rotatable bonds is 6. The van der Waals surface area contributed by atoms with Crippen LogP contribution in [0.5, 0.6) is 0 Å². The van der Waals surface area contributed by atoms with Crippen molar-refractivity contribution in [1.29, 1.82) is 0 Å². The molecule has 0 bridgehead atoms. The summed E-state index contributed by atoms with van der Waals surface area (Å²) in [5.41, 5.74) is 0.570. The van der Waals surface area contributed by atoms with E-state index >= 15 is 0 Å². The summed E-state index contributed by atoms with van der Waals surface area (Å²) >= 11 is 0. The number of hydrogen-bond donors (Lipinski definition) is 1. The van der Waals surface area contributed by atoms with Crippen LogP contribution >= 0.6 is 0 Å². The van der Waals surface area contributed by atoms with Gasteiger partial charge in [-0.15, -0.1) is 0 Å². The molecule has 0 aromatic rings. The van der Waals surface area contributed by atoms with Crippen molar-refractivity contribution in [3.8, 4) is 0 Å². The Morgan fingerprint density at radius 3 is 2.44 bits per heavy atom. The van der Waals surface area contributed by atoms with Gasteiger partial charge in [0.25, 0.3) is 0 Å². The van der Waals surface area contributed by atoms with Gasteiger partial charge in [-0.05, 0) is 131 Å². The second kappa shape index (κ2) is 8.90. The molecule has 4 rings (SSSR count). The third kappa shape index (κ3) is 4.29. The maximum Gasteiger partial charge on any atom is 0.306 e. The molecule has 0 heterocycles. The van der Waals surface area contributed by atoms with Gasteiger partial charge in [-0.2, -0.15) is 0 Å². The van der Waals surface area contributed by atoms with E-state index in [4.69, 9.17) is 4.74 Å². The minimum absolute atomic E-state index is 0.0159. The number of hydrogen-bond acceptors (Lipinski definition) is 3. The van der Waals surface area contributed by atoms with Gasteiger partial charge in [-0.25, -0.2) is 0 Å². The lowest BCUT2D eigenvalue weighted by atomic mass is 9.44. The Morgan fingerprint density at radius 2 is 1.72 bits per heavy atom. The molecular weight excluding hydrogens is 396 g/mol. The molecule has 9 atom stereocenters. The topological polar surface area (TPSA) is 46.5 Å². The molecule has 0 aromatic carbocycles. The van der Waals surface area contributed by atoms with Gasteiger partial charge in [-0.3, -0.25) is 4.79 Å². The van der Waals surface area contributed by atoms with Gasteiger partial charge < -0.3 is 9.84 Å². The molecule has 0 amide bonds. The molecule has 4 fully saturated rings. The zero-order chi connectivity index (χ0) is 23.3. The van der Waals surface area contributed by atoms with Gasteiger partial charge in [0.05, 0.1) is 6.10 Å². The van der Waals surface area contributed by atoms with Crippen molar-refractivity contribution in [3.05, 3.63) is 0 Å². The monoisotopic (exact) mass is 446 g/mol. The SMILES string of the molecule is CCC(C)(C)OC(=O)CC[C@@H](C)[C@H]1CC[C@H]2[C@@H]3CCC4CC(O)CC[C@]4(C)[C@H]3CC[C@]12C. The van der Waals surface area contributed by atoms with Gasteiger partial charge in [0, 0.05) is 6.42 Å². The predicted molar refractivity (Wildman–Crippen MR) is 130 cm³/mol. The number of carbonyl (C=O) groups is 1. The van der Waals surface area contributed by atoms with Crippen molar-refractivity contribution < 1.29 is 14.6 Å². The minimum atomic E-state index is -0.340. The first-order chi connectivity index (χ1) is 15.0. The summed E-state index contributed by atoms with van der Waals surface area (Å²) in [5.74, 6) is 4.69. The molecule has 0 aliphatic heterocycles. The normalized spacial score (nSPS) is 44.8. The second-order valence-corrected chi connectivity index (χ2v) is 13.4. The molecule has 0 radical (unpaired) electrons. The maximum atomic E-state index is 12.4. The molecule has 4 aliphatic rings. The number of aliphatic hydroxyl groups excluding tert-OH is 1. The van der Waals surface area contributed by atoms with E-state index in [0.717, 1.165) is 55.3 Å². The third-order valence-electron chi connectivity index (χ3n) is 11.4. The zero-order valence-corrected chi connectivity index (χ0v) is 21.8. The predicted octanol–water partition coefficient (Wildman–Crippen LogP) is 7.15. The lowest BCUT2D eigenvalue weighted by molar-refractivity contribution is -0.157. The van der Waals surface area contributed by atoms with Crippen LogP contribution < -0.4 is 0 Å². The first-order valence-electron chi connectivity index (χ1n) is 13.9. The van der Waals surface area contributed by atoms with Crippen molar-refractivity contribution in [2.24, 2.45) is 46.3 Å². The van der Waals surface area contributed by atoms with E-state index in [1.54, 1.807) is 0 Å². The molecule has 3 nitrogen and oxygen atoms in total. The van der Waals surface area contributed by atoms with Gasteiger partial charge in [0.2, 0.25) is 0 Å². The van der Waals surface area contributed by atoms with E-state index in [1.807, 2.05) is 13.8 Å². The first kappa shape index (κ1) is 24.6. The van der Waals surface area contributed by atoms with Crippen LogP contribution in [0.25, 0.3) is 0 Å². The summed E-state index contributed by atoms with van der Waals surface area (Å²) < 4.78 is 5.71. The largest absolute Gasteiger partial charge is 0.460 e. The number of carbonyl (C=O) groups excluding carboxylic acids is 1. The molecular formula is C29H50O3. The summed E-state index contributed by atoms with van der Waals surface area (Å²) in [6.07, 6.45) is 13.9. The third-order valence-corrected chi connectivity index (χ3v) is 11.4. The summed E-state index contributed by atoms with van der Waals surface area (Å²) in [4.78, 5) is 12.4. The van der Waals surface area contributed by atoms with Crippen molar-refractivity contribution in [1.82, 2.24) is 0 Å². The quantitative estimate of drug-likeness (QED) is 0.440. The van der Waals surface area contributed by atoms with E-state index in [-0.39, 0.29) is 17.7 Å². The molecule has 32 heavy (non-hydrogen) atoms. The van der Waals surface area contributed by atoms with E-state index < -0.39 is 0 Å². The van der Waals surface area contributed by atoms with Crippen LogP contribution in [-0.2, 0) is 9.53 Å². The van der Waals surface area contributed by atoms with Crippen molar-refractivity contribution >= 4 is 5.97 Å².